The Kier molecular flexibility index (Phi) is 4.27. The van der Waals surface area contributed by atoms with Crippen LogP contribution < -0.4 is 5.32 Å². The molecule has 2 N–H and O–H groups in total. The number of carbonyl (C=O) groups excluding carboxylic acids is 1. The van der Waals surface area contributed by atoms with Crippen molar-refractivity contribution in [3.8, 4) is 0 Å². The maximum Gasteiger partial charge on any atom is 0.254 e. The second-order valence-electron chi connectivity index (χ2n) is 4.48. The van der Waals surface area contributed by atoms with Gasteiger partial charge < -0.3 is 10.4 Å². The van der Waals surface area contributed by atoms with Crippen LogP contribution >= 0.6 is 15.9 Å². The van der Waals surface area contributed by atoms with Crippen molar-refractivity contribution in [2.24, 2.45) is 0 Å². The maximum atomic E-state index is 13.5. The lowest BCUT2D eigenvalue weighted by atomic mass is 9.98. The molecule has 0 radical (unpaired) electrons. The van der Waals surface area contributed by atoms with Gasteiger partial charge in [0.2, 0.25) is 0 Å². The Hall–Kier alpha value is -0.940. The molecule has 94 valence electrons. The van der Waals surface area contributed by atoms with Gasteiger partial charge in [0.25, 0.3) is 5.91 Å². The van der Waals surface area contributed by atoms with E-state index in [1.807, 2.05) is 0 Å². The standard InChI is InChI=1S/C12H15BrFNO2/c1-7(16)12(2,3)15-11(17)9-5-4-8(13)6-10(9)14/h4-7,16H,1-3H3,(H,15,17). The molecule has 1 aromatic carbocycles. The van der Waals surface area contributed by atoms with Gasteiger partial charge in [0.15, 0.2) is 0 Å². The van der Waals surface area contributed by atoms with Crippen LogP contribution in [0.4, 0.5) is 4.39 Å². The maximum absolute atomic E-state index is 13.5. The van der Waals surface area contributed by atoms with Gasteiger partial charge >= 0.3 is 0 Å². The predicted molar refractivity (Wildman–Crippen MR) is 67.3 cm³/mol. The molecule has 5 heteroatoms. The summed E-state index contributed by atoms with van der Waals surface area (Å²) in [5.74, 6) is -1.14. The Labute approximate surface area is 108 Å². The molecule has 0 spiro atoms. The Bertz CT molecular complexity index is 433. The fraction of sp³-hybridized carbons (Fsp3) is 0.417. The first-order chi connectivity index (χ1) is 7.74. The summed E-state index contributed by atoms with van der Waals surface area (Å²) in [5, 5.41) is 12.1. The molecule has 0 aliphatic carbocycles. The van der Waals surface area contributed by atoms with Crippen LogP contribution in [0.5, 0.6) is 0 Å². The number of hydrogen-bond donors (Lipinski definition) is 2. The molecule has 0 saturated heterocycles. The van der Waals surface area contributed by atoms with E-state index in [9.17, 15) is 14.3 Å². The highest BCUT2D eigenvalue weighted by molar-refractivity contribution is 9.10. The van der Waals surface area contributed by atoms with Crippen molar-refractivity contribution < 1.29 is 14.3 Å². The molecular weight excluding hydrogens is 289 g/mol. The van der Waals surface area contributed by atoms with Crippen LogP contribution in [0.1, 0.15) is 31.1 Å². The summed E-state index contributed by atoms with van der Waals surface area (Å²) in [6, 6.07) is 4.21. The van der Waals surface area contributed by atoms with Crippen molar-refractivity contribution in [2.45, 2.75) is 32.4 Å². The molecule has 17 heavy (non-hydrogen) atoms. The molecule has 0 aliphatic heterocycles. The highest BCUT2D eigenvalue weighted by Crippen LogP contribution is 2.17. The van der Waals surface area contributed by atoms with E-state index < -0.39 is 23.4 Å². The molecule has 0 saturated carbocycles. The van der Waals surface area contributed by atoms with Gasteiger partial charge in [0, 0.05) is 4.47 Å². The van der Waals surface area contributed by atoms with Crippen molar-refractivity contribution in [1.29, 1.82) is 0 Å². The lowest BCUT2D eigenvalue weighted by molar-refractivity contribution is 0.0706. The second-order valence-corrected chi connectivity index (χ2v) is 5.39. The Balaban J connectivity index is 2.91. The fourth-order valence-electron chi connectivity index (χ4n) is 1.14. The van der Waals surface area contributed by atoms with Gasteiger partial charge in [-0.1, -0.05) is 15.9 Å². The zero-order valence-corrected chi connectivity index (χ0v) is 11.5. The molecule has 1 aromatic rings. The van der Waals surface area contributed by atoms with E-state index in [2.05, 4.69) is 21.2 Å². The number of rotatable bonds is 3. The number of carbonyl (C=O) groups is 1. The first-order valence-electron chi connectivity index (χ1n) is 5.19. The quantitative estimate of drug-likeness (QED) is 0.901. The molecule has 1 unspecified atom stereocenters. The van der Waals surface area contributed by atoms with E-state index in [4.69, 9.17) is 0 Å². The topological polar surface area (TPSA) is 49.3 Å². The minimum atomic E-state index is -0.809. The first-order valence-corrected chi connectivity index (χ1v) is 5.99. The third-order valence-corrected chi connectivity index (χ3v) is 3.15. The van der Waals surface area contributed by atoms with Gasteiger partial charge in [-0.2, -0.15) is 0 Å². The minimum Gasteiger partial charge on any atom is -0.391 e. The zero-order valence-electron chi connectivity index (χ0n) is 9.92. The van der Waals surface area contributed by atoms with Crippen LogP contribution in [0, 0.1) is 5.82 Å². The highest BCUT2D eigenvalue weighted by Gasteiger charge is 2.27. The smallest absolute Gasteiger partial charge is 0.254 e. The van der Waals surface area contributed by atoms with Gasteiger partial charge in [-0.05, 0) is 39.0 Å². The van der Waals surface area contributed by atoms with Gasteiger partial charge in [-0.25, -0.2) is 4.39 Å². The minimum absolute atomic E-state index is 0.0399. The van der Waals surface area contributed by atoms with Crippen molar-refractivity contribution in [1.82, 2.24) is 5.32 Å². The molecule has 0 aliphatic rings. The lowest BCUT2D eigenvalue weighted by Crippen LogP contribution is -2.51. The lowest BCUT2D eigenvalue weighted by Gasteiger charge is -2.29. The summed E-state index contributed by atoms with van der Waals surface area (Å²) in [4.78, 5) is 11.8. The van der Waals surface area contributed by atoms with Crippen LogP contribution in [0.15, 0.2) is 22.7 Å². The SMILES string of the molecule is CC(O)C(C)(C)NC(=O)c1ccc(Br)cc1F. The summed E-state index contributed by atoms with van der Waals surface area (Å²) in [6.07, 6.45) is -0.732. The van der Waals surface area contributed by atoms with E-state index in [1.54, 1.807) is 26.8 Å². The largest absolute Gasteiger partial charge is 0.391 e. The Morgan fingerprint density at radius 1 is 1.53 bits per heavy atom. The number of aliphatic hydroxyl groups excluding tert-OH is 1. The number of amides is 1. The number of hydrogen-bond acceptors (Lipinski definition) is 2. The third kappa shape index (κ3) is 3.51. The molecule has 0 bridgehead atoms. The third-order valence-electron chi connectivity index (χ3n) is 2.66. The van der Waals surface area contributed by atoms with Crippen LogP contribution in [-0.4, -0.2) is 22.7 Å². The van der Waals surface area contributed by atoms with E-state index in [1.165, 1.54) is 12.1 Å². The molecular formula is C12H15BrFNO2. The molecule has 1 atom stereocenters. The Morgan fingerprint density at radius 2 is 2.12 bits per heavy atom. The number of aliphatic hydroxyl groups is 1. The van der Waals surface area contributed by atoms with Crippen molar-refractivity contribution >= 4 is 21.8 Å². The summed E-state index contributed by atoms with van der Waals surface area (Å²) in [5.41, 5.74) is -0.849. The van der Waals surface area contributed by atoms with Crippen molar-refractivity contribution in [3.05, 3.63) is 34.1 Å². The van der Waals surface area contributed by atoms with Crippen molar-refractivity contribution in [3.63, 3.8) is 0 Å². The van der Waals surface area contributed by atoms with Gasteiger partial charge in [-0.3, -0.25) is 4.79 Å². The van der Waals surface area contributed by atoms with E-state index >= 15 is 0 Å². The van der Waals surface area contributed by atoms with Crippen LogP contribution in [-0.2, 0) is 0 Å². The molecule has 1 amide bonds. The highest BCUT2D eigenvalue weighted by atomic mass is 79.9. The summed E-state index contributed by atoms with van der Waals surface area (Å²) in [7, 11) is 0. The molecule has 0 fully saturated rings. The number of halogens is 2. The molecule has 0 heterocycles. The average Bonchev–Trinajstić information content (AvgIpc) is 2.15. The molecule has 1 rings (SSSR count). The Morgan fingerprint density at radius 3 is 2.59 bits per heavy atom. The van der Waals surface area contributed by atoms with Crippen LogP contribution in [0.25, 0.3) is 0 Å². The van der Waals surface area contributed by atoms with Gasteiger partial charge in [0.05, 0.1) is 17.2 Å². The zero-order chi connectivity index (χ0) is 13.2. The monoisotopic (exact) mass is 303 g/mol. The van der Waals surface area contributed by atoms with Crippen LogP contribution in [0.2, 0.25) is 0 Å². The summed E-state index contributed by atoms with van der Waals surface area (Å²) >= 11 is 3.12. The van der Waals surface area contributed by atoms with Crippen molar-refractivity contribution in [2.75, 3.05) is 0 Å². The number of nitrogens with one attached hydrogen (secondary N) is 1. The van der Waals surface area contributed by atoms with Gasteiger partial charge in [-0.15, -0.1) is 0 Å². The fourth-order valence-corrected chi connectivity index (χ4v) is 1.47. The molecule has 3 nitrogen and oxygen atoms in total. The predicted octanol–water partition coefficient (Wildman–Crippen LogP) is 2.48. The average molecular weight is 304 g/mol. The number of benzene rings is 1. The van der Waals surface area contributed by atoms with Crippen LogP contribution in [0.3, 0.4) is 0 Å². The van der Waals surface area contributed by atoms with E-state index in [-0.39, 0.29) is 5.56 Å². The van der Waals surface area contributed by atoms with E-state index in [0.717, 1.165) is 0 Å². The first kappa shape index (κ1) is 14.1. The second kappa shape index (κ2) is 5.14. The summed E-state index contributed by atoms with van der Waals surface area (Å²) < 4.78 is 14.1. The molecule has 0 aromatic heterocycles. The normalized spacial score (nSPS) is 13.3. The summed E-state index contributed by atoms with van der Waals surface area (Å²) in [6.45, 7) is 4.91. The van der Waals surface area contributed by atoms with Gasteiger partial charge in [0.1, 0.15) is 5.82 Å². The van der Waals surface area contributed by atoms with E-state index in [0.29, 0.717) is 4.47 Å².